The lowest BCUT2D eigenvalue weighted by atomic mass is 10.2. The highest BCUT2D eigenvalue weighted by Crippen LogP contribution is 2.22. The molecular weight excluding hydrogens is 470 g/mol. The van der Waals surface area contributed by atoms with Crippen molar-refractivity contribution < 1.29 is 46.1 Å². The third-order valence-electron chi connectivity index (χ3n) is 3.70. The molecule has 0 aliphatic carbocycles. The smallest absolute Gasteiger partial charge is 0.475 e. The monoisotopic (exact) mass is 488 g/mol. The maximum atomic E-state index is 10.6. The van der Waals surface area contributed by atoms with Crippen LogP contribution in [0.25, 0.3) is 0 Å². The summed E-state index contributed by atoms with van der Waals surface area (Å²) >= 11 is 1.72. The van der Waals surface area contributed by atoms with E-state index >= 15 is 0 Å². The summed E-state index contributed by atoms with van der Waals surface area (Å²) in [6.07, 6.45) is -6.43. The Balaban J connectivity index is 0.000000305. The molecule has 0 radical (unpaired) electrons. The summed E-state index contributed by atoms with van der Waals surface area (Å²) in [7, 11) is 2.11. The zero-order chi connectivity index (χ0) is 24.5. The minimum absolute atomic E-state index is 0.930. The van der Waals surface area contributed by atoms with Crippen molar-refractivity contribution in [1.82, 2.24) is 14.9 Å². The number of pyridine rings is 1. The number of aromatic nitrogens is 2. The predicted molar refractivity (Wildman–Crippen MR) is 101 cm³/mol. The standard InChI is InChI=1S/C13H16N4S.2C2HF3O2/c1-16-6-7-17(10-12-14-5-8-18-12)9-11-3-2-4-15-13(11)16;2*3-2(4,5)1(6)7/h2-5,8H,6-7,9-10H2,1H3;2*(H,6,7). The Labute approximate surface area is 181 Å². The first-order valence-electron chi connectivity index (χ1n) is 8.57. The largest absolute Gasteiger partial charge is 0.490 e. The topological polar surface area (TPSA) is 107 Å². The Hall–Kier alpha value is -2.94. The number of likely N-dealkylation sites (N-methyl/N-ethyl adjacent to an activating group) is 1. The Morgan fingerprint density at radius 1 is 1.03 bits per heavy atom. The van der Waals surface area contributed by atoms with E-state index in [4.69, 9.17) is 19.8 Å². The lowest BCUT2D eigenvalue weighted by Crippen LogP contribution is -2.29. The number of hydrogen-bond acceptors (Lipinski definition) is 7. The van der Waals surface area contributed by atoms with Crippen molar-refractivity contribution in [1.29, 1.82) is 0 Å². The van der Waals surface area contributed by atoms with Crippen LogP contribution in [0.15, 0.2) is 29.9 Å². The van der Waals surface area contributed by atoms with Crippen LogP contribution in [0.4, 0.5) is 32.2 Å². The number of halogens is 6. The van der Waals surface area contributed by atoms with E-state index in [0.29, 0.717) is 0 Å². The van der Waals surface area contributed by atoms with Gasteiger partial charge in [0.05, 0.1) is 6.54 Å². The second kappa shape index (κ2) is 11.6. The summed E-state index contributed by atoms with van der Waals surface area (Å²) < 4.78 is 63.5. The van der Waals surface area contributed by atoms with E-state index in [1.165, 1.54) is 10.6 Å². The van der Waals surface area contributed by atoms with E-state index in [0.717, 1.165) is 32.0 Å². The number of rotatable bonds is 2. The summed E-state index contributed by atoms with van der Waals surface area (Å²) in [5, 5.41) is 17.5. The number of carboxylic acid groups (broad SMARTS) is 2. The van der Waals surface area contributed by atoms with Crippen LogP contribution in [-0.4, -0.2) is 69.5 Å². The first-order valence-corrected chi connectivity index (χ1v) is 9.45. The summed E-state index contributed by atoms with van der Waals surface area (Å²) in [5.74, 6) is -4.40. The van der Waals surface area contributed by atoms with Gasteiger partial charge in [-0.05, 0) is 6.07 Å². The SMILES string of the molecule is CN1CCN(Cc2nccs2)Cc2cccnc21.O=C(O)C(F)(F)F.O=C(O)C(F)(F)F. The lowest BCUT2D eigenvalue weighted by molar-refractivity contribution is -0.193. The number of thiazole rings is 1. The molecule has 3 rings (SSSR count). The van der Waals surface area contributed by atoms with Gasteiger partial charge in [-0.15, -0.1) is 11.3 Å². The number of nitrogens with zero attached hydrogens (tertiary/aromatic N) is 4. The van der Waals surface area contributed by atoms with Crippen LogP contribution >= 0.6 is 11.3 Å². The van der Waals surface area contributed by atoms with Crippen LogP contribution in [0.5, 0.6) is 0 Å². The molecule has 0 aromatic carbocycles. The summed E-state index contributed by atoms with van der Waals surface area (Å²) in [5.41, 5.74) is 1.30. The number of carboxylic acids is 2. The van der Waals surface area contributed by atoms with E-state index < -0.39 is 24.3 Å². The molecule has 178 valence electrons. The van der Waals surface area contributed by atoms with Crippen LogP contribution in [0.3, 0.4) is 0 Å². The summed E-state index contributed by atoms with van der Waals surface area (Å²) in [6.45, 7) is 3.94. The number of alkyl halides is 6. The van der Waals surface area contributed by atoms with E-state index in [1.54, 1.807) is 11.3 Å². The Kier molecular flexibility index (Phi) is 9.83. The zero-order valence-electron chi connectivity index (χ0n) is 16.4. The molecule has 2 N–H and O–H groups in total. The number of anilines is 1. The van der Waals surface area contributed by atoms with Gasteiger partial charge < -0.3 is 15.1 Å². The fraction of sp³-hybridized carbons (Fsp3) is 0.412. The first-order chi connectivity index (χ1) is 14.7. The second-order valence-electron chi connectivity index (χ2n) is 6.15. The highest BCUT2D eigenvalue weighted by atomic mass is 32.1. The molecule has 2 aromatic rings. The molecule has 0 spiro atoms. The van der Waals surface area contributed by atoms with Gasteiger partial charge in [0.15, 0.2) is 0 Å². The minimum Gasteiger partial charge on any atom is -0.475 e. The highest BCUT2D eigenvalue weighted by Gasteiger charge is 2.38. The normalized spacial score (nSPS) is 14.2. The molecular formula is C17H18F6N4O4S. The fourth-order valence-electron chi connectivity index (χ4n) is 2.27. The number of fused-ring (bicyclic) bond motifs is 1. The van der Waals surface area contributed by atoms with E-state index in [2.05, 4.69) is 32.9 Å². The van der Waals surface area contributed by atoms with Gasteiger partial charge in [-0.3, -0.25) is 4.90 Å². The number of aliphatic carboxylic acids is 2. The molecule has 0 amide bonds. The van der Waals surface area contributed by atoms with Gasteiger partial charge in [0.2, 0.25) is 0 Å². The maximum Gasteiger partial charge on any atom is 0.490 e. The predicted octanol–water partition coefficient (Wildman–Crippen LogP) is 3.26. The van der Waals surface area contributed by atoms with Gasteiger partial charge in [0.25, 0.3) is 0 Å². The third-order valence-corrected chi connectivity index (χ3v) is 4.47. The zero-order valence-corrected chi connectivity index (χ0v) is 17.2. The molecule has 15 heteroatoms. The van der Waals surface area contributed by atoms with Crippen molar-refractivity contribution in [2.75, 3.05) is 25.0 Å². The average Bonchev–Trinajstić information content (AvgIpc) is 3.13. The van der Waals surface area contributed by atoms with Gasteiger partial charge in [-0.2, -0.15) is 26.3 Å². The summed E-state index contributed by atoms with van der Waals surface area (Å²) in [6, 6.07) is 4.18. The molecule has 0 saturated carbocycles. The molecule has 0 unspecified atom stereocenters. The first kappa shape index (κ1) is 27.1. The molecule has 0 bridgehead atoms. The second-order valence-corrected chi connectivity index (χ2v) is 7.13. The molecule has 3 heterocycles. The highest BCUT2D eigenvalue weighted by molar-refractivity contribution is 7.09. The van der Waals surface area contributed by atoms with Crippen molar-refractivity contribution >= 4 is 29.1 Å². The third kappa shape index (κ3) is 9.47. The Morgan fingerprint density at radius 3 is 2.06 bits per heavy atom. The summed E-state index contributed by atoms with van der Waals surface area (Å²) in [4.78, 5) is 31.3. The van der Waals surface area contributed by atoms with Crippen LogP contribution in [0.1, 0.15) is 10.6 Å². The van der Waals surface area contributed by atoms with Crippen LogP contribution < -0.4 is 4.90 Å². The lowest BCUT2D eigenvalue weighted by Gasteiger charge is -2.19. The van der Waals surface area contributed by atoms with Gasteiger partial charge in [-0.25, -0.2) is 19.6 Å². The number of carbonyl (C=O) groups is 2. The van der Waals surface area contributed by atoms with Gasteiger partial charge in [0.1, 0.15) is 10.8 Å². The van der Waals surface area contributed by atoms with E-state index in [9.17, 15) is 26.3 Å². The van der Waals surface area contributed by atoms with Gasteiger partial charge in [0, 0.05) is 50.0 Å². The average molecular weight is 488 g/mol. The van der Waals surface area contributed by atoms with Crippen LogP contribution in [-0.2, 0) is 22.7 Å². The molecule has 32 heavy (non-hydrogen) atoms. The van der Waals surface area contributed by atoms with Crippen molar-refractivity contribution in [3.8, 4) is 0 Å². The van der Waals surface area contributed by atoms with Gasteiger partial charge in [-0.1, -0.05) is 6.07 Å². The molecule has 2 aromatic heterocycles. The minimum atomic E-state index is -5.08. The van der Waals surface area contributed by atoms with Crippen molar-refractivity contribution in [3.05, 3.63) is 40.5 Å². The fourth-order valence-corrected chi connectivity index (χ4v) is 2.93. The van der Waals surface area contributed by atoms with Crippen molar-refractivity contribution in [3.63, 3.8) is 0 Å². The van der Waals surface area contributed by atoms with Crippen LogP contribution in [0.2, 0.25) is 0 Å². The van der Waals surface area contributed by atoms with Crippen molar-refractivity contribution in [2.24, 2.45) is 0 Å². The molecule has 0 fully saturated rings. The Bertz CT molecular complexity index is 853. The van der Waals surface area contributed by atoms with Crippen LogP contribution in [0, 0.1) is 0 Å². The molecule has 1 aliphatic heterocycles. The molecule has 0 atom stereocenters. The molecule has 0 saturated heterocycles. The van der Waals surface area contributed by atoms with Crippen molar-refractivity contribution in [2.45, 2.75) is 25.4 Å². The molecule has 8 nitrogen and oxygen atoms in total. The van der Waals surface area contributed by atoms with Gasteiger partial charge >= 0.3 is 24.3 Å². The molecule has 1 aliphatic rings. The Morgan fingerprint density at radius 2 is 1.59 bits per heavy atom. The number of hydrogen-bond donors (Lipinski definition) is 2. The maximum absolute atomic E-state index is 10.6. The van der Waals surface area contributed by atoms with E-state index in [-0.39, 0.29) is 0 Å². The van der Waals surface area contributed by atoms with E-state index in [1.807, 2.05) is 23.8 Å². The quantitative estimate of drug-likeness (QED) is 0.621.